The summed E-state index contributed by atoms with van der Waals surface area (Å²) in [5, 5.41) is 4.87. The first-order valence-electron chi connectivity index (χ1n) is 9.50. The molecule has 2 amide bonds. The Labute approximate surface area is 182 Å². The van der Waals surface area contributed by atoms with Gasteiger partial charge >= 0.3 is 5.97 Å². The van der Waals surface area contributed by atoms with Gasteiger partial charge in [0.2, 0.25) is 0 Å². The number of hydrogen-bond acceptors (Lipinski definition) is 7. The first-order valence-corrected chi connectivity index (χ1v) is 10.4. The molecule has 1 aromatic heterocycles. The molecule has 0 fully saturated rings. The molecule has 1 aliphatic heterocycles. The average molecular weight is 437 g/mol. The van der Waals surface area contributed by atoms with E-state index in [-0.39, 0.29) is 19.1 Å². The fourth-order valence-corrected chi connectivity index (χ4v) is 3.73. The summed E-state index contributed by atoms with van der Waals surface area (Å²) in [5.74, 6) is -1.04. The number of aromatic nitrogens is 1. The number of nitrogens with one attached hydrogen (secondary N) is 1. The van der Waals surface area contributed by atoms with Crippen LogP contribution in [0.4, 0.5) is 10.8 Å². The van der Waals surface area contributed by atoms with Crippen LogP contribution < -0.4 is 15.0 Å². The van der Waals surface area contributed by atoms with Crippen molar-refractivity contribution < 1.29 is 23.9 Å². The van der Waals surface area contributed by atoms with Crippen molar-refractivity contribution in [1.82, 2.24) is 4.98 Å². The van der Waals surface area contributed by atoms with Gasteiger partial charge < -0.3 is 9.47 Å². The summed E-state index contributed by atoms with van der Waals surface area (Å²) < 4.78 is 10.4. The molecular formula is C22H19N3O5S. The Balaban J connectivity index is 1.30. The predicted octanol–water partition coefficient (Wildman–Crippen LogP) is 3.03. The zero-order valence-corrected chi connectivity index (χ0v) is 17.5. The lowest BCUT2D eigenvalue weighted by atomic mass is 10.1. The van der Waals surface area contributed by atoms with E-state index in [0.717, 1.165) is 16.8 Å². The SMILES string of the molecule is Cc1ccc(-c2csc(NC(=O)COC(=O)CN3C(=O)COc4ccccc43)n2)cc1. The van der Waals surface area contributed by atoms with E-state index >= 15 is 0 Å². The van der Waals surface area contributed by atoms with Crippen molar-refractivity contribution in [2.45, 2.75) is 6.92 Å². The van der Waals surface area contributed by atoms with Gasteiger partial charge in [-0.1, -0.05) is 42.0 Å². The number of hydrogen-bond donors (Lipinski definition) is 1. The molecule has 0 saturated carbocycles. The molecule has 0 radical (unpaired) electrons. The second-order valence-electron chi connectivity index (χ2n) is 6.85. The van der Waals surface area contributed by atoms with Gasteiger partial charge in [-0.05, 0) is 19.1 Å². The number of nitrogens with zero attached hydrogens (tertiary/aromatic N) is 2. The summed E-state index contributed by atoms with van der Waals surface area (Å²) in [4.78, 5) is 42.1. The molecule has 8 nitrogen and oxygen atoms in total. The molecule has 0 aliphatic carbocycles. The van der Waals surface area contributed by atoms with Gasteiger partial charge in [-0.15, -0.1) is 11.3 Å². The topological polar surface area (TPSA) is 97.8 Å². The largest absolute Gasteiger partial charge is 0.482 e. The zero-order valence-electron chi connectivity index (χ0n) is 16.7. The third-order valence-corrected chi connectivity index (χ3v) is 5.32. The lowest BCUT2D eigenvalue weighted by Gasteiger charge is -2.28. The first kappa shape index (κ1) is 20.5. The van der Waals surface area contributed by atoms with Gasteiger partial charge in [-0.25, -0.2) is 4.98 Å². The summed E-state index contributed by atoms with van der Waals surface area (Å²) in [6.45, 7) is 1.07. The third-order valence-electron chi connectivity index (χ3n) is 4.56. The Hall–Kier alpha value is -3.72. The minimum absolute atomic E-state index is 0.155. The lowest BCUT2D eigenvalue weighted by Crippen LogP contribution is -2.42. The molecule has 2 heterocycles. The minimum Gasteiger partial charge on any atom is -0.482 e. The second kappa shape index (κ2) is 8.97. The molecule has 158 valence electrons. The van der Waals surface area contributed by atoms with Gasteiger partial charge in [0.1, 0.15) is 12.3 Å². The fraction of sp³-hybridized carbons (Fsp3) is 0.182. The van der Waals surface area contributed by atoms with Crippen molar-refractivity contribution in [2.75, 3.05) is 30.0 Å². The number of benzene rings is 2. The lowest BCUT2D eigenvalue weighted by molar-refractivity contribution is -0.146. The Morgan fingerprint density at radius 1 is 1.19 bits per heavy atom. The van der Waals surface area contributed by atoms with E-state index in [0.29, 0.717) is 16.6 Å². The number of thiazole rings is 1. The maximum absolute atomic E-state index is 12.2. The molecule has 2 aromatic carbocycles. The monoisotopic (exact) mass is 437 g/mol. The summed E-state index contributed by atoms with van der Waals surface area (Å²) >= 11 is 1.28. The highest BCUT2D eigenvalue weighted by Crippen LogP contribution is 2.31. The van der Waals surface area contributed by atoms with Crippen LogP contribution in [-0.4, -0.2) is 42.5 Å². The van der Waals surface area contributed by atoms with Gasteiger partial charge in [0.15, 0.2) is 18.3 Å². The van der Waals surface area contributed by atoms with Crippen LogP contribution in [0.1, 0.15) is 5.56 Å². The quantitative estimate of drug-likeness (QED) is 0.596. The normalized spacial score (nSPS) is 12.7. The molecule has 31 heavy (non-hydrogen) atoms. The van der Waals surface area contributed by atoms with E-state index in [9.17, 15) is 14.4 Å². The Bertz CT molecular complexity index is 1130. The molecule has 3 aromatic rings. The summed E-state index contributed by atoms with van der Waals surface area (Å²) in [5.41, 5.74) is 3.34. The van der Waals surface area contributed by atoms with Crippen LogP contribution in [0.2, 0.25) is 0 Å². The van der Waals surface area contributed by atoms with Gasteiger partial charge in [0.25, 0.3) is 11.8 Å². The van der Waals surface area contributed by atoms with Crippen molar-refractivity contribution in [2.24, 2.45) is 0 Å². The number of fused-ring (bicyclic) bond motifs is 1. The standard InChI is InChI=1S/C22H19N3O5S/c1-14-6-8-15(9-7-14)16-13-31-22(23-16)24-19(26)11-30-21(28)10-25-17-4-2-3-5-18(17)29-12-20(25)27/h2-9,13H,10-12H2,1H3,(H,23,24,26). The predicted molar refractivity (Wildman–Crippen MR) is 116 cm³/mol. The van der Waals surface area contributed by atoms with Crippen molar-refractivity contribution in [3.63, 3.8) is 0 Å². The van der Waals surface area contributed by atoms with Gasteiger partial charge in [-0.3, -0.25) is 24.6 Å². The molecule has 0 spiro atoms. The van der Waals surface area contributed by atoms with Crippen molar-refractivity contribution in [1.29, 1.82) is 0 Å². The van der Waals surface area contributed by atoms with Gasteiger partial charge in [0.05, 0.1) is 11.4 Å². The van der Waals surface area contributed by atoms with E-state index in [1.54, 1.807) is 24.3 Å². The van der Waals surface area contributed by atoms with Crippen molar-refractivity contribution in [3.05, 3.63) is 59.5 Å². The smallest absolute Gasteiger partial charge is 0.326 e. The molecule has 1 N–H and O–H groups in total. The van der Waals surface area contributed by atoms with Crippen LogP contribution in [0.15, 0.2) is 53.9 Å². The van der Waals surface area contributed by atoms with Crippen LogP contribution in [0, 0.1) is 6.92 Å². The molecular weight excluding hydrogens is 418 g/mol. The van der Waals surface area contributed by atoms with Crippen LogP contribution in [0.25, 0.3) is 11.3 Å². The summed E-state index contributed by atoms with van der Waals surface area (Å²) in [6.07, 6.45) is 0. The maximum atomic E-state index is 12.2. The number of esters is 1. The Kier molecular flexibility index (Phi) is 5.94. The van der Waals surface area contributed by atoms with Crippen LogP contribution in [0.3, 0.4) is 0 Å². The van der Waals surface area contributed by atoms with Gasteiger partial charge in [-0.2, -0.15) is 0 Å². The number of rotatable bonds is 6. The zero-order chi connectivity index (χ0) is 21.8. The highest BCUT2D eigenvalue weighted by atomic mass is 32.1. The summed E-state index contributed by atoms with van der Waals surface area (Å²) in [7, 11) is 0. The third kappa shape index (κ3) is 4.89. The Morgan fingerprint density at radius 2 is 1.97 bits per heavy atom. The highest BCUT2D eigenvalue weighted by molar-refractivity contribution is 7.14. The number of ether oxygens (including phenoxy) is 2. The molecule has 0 saturated heterocycles. The van der Waals surface area contributed by atoms with Crippen LogP contribution in [0.5, 0.6) is 5.75 Å². The highest BCUT2D eigenvalue weighted by Gasteiger charge is 2.27. The second-order valence-corrected chi connectivity index (χ2v) is 7.71. The molecule has 0 unspecified atom stereocenters. The number of aryl methyl sites for hydroxylation is 1. The first-order chi connectivity index (χ1) is 15.0. The number of carbonyl (C=O) groups is 3. The maximum Gasteiger partial charge on any atom is 0.326 e. The van der Waals surface area contributed by atoms with E-state index in [1.807, 2.05) is 36.6 Å². The molecule has 1 aliphatic rings. The van der Waals surface area contributed by atoms with E-state index < -0.39 is 18.5 Å². The number of carbonyl (C=O) groups excluding carboxylic acids is 3. The number of anilines is 2. The Morgan fingerprint density at radius 3 is 2.77 bits per heavy atom. The van der Waals surface area contributed by atoms with Crippen molar-refractivity contribution in [3.8, 4) is 17.0 Å². The number of para-hydroxylation sites is 2. The average Bonchev–Trinajstić information content (AvgIpc) is 3.23. The summed E-state index contributed by atoms with van der Waals surface area (Å²) in [6, 6.07) is 14.8. The van der Waals surface area contributed by atoms with Crippen molar-refractivity contribution >= 4 is 39.9 Å². The molecule has 0 bridgehead atoms. The van der Waals surface area contributed by atoms with Crippen LogP contribution in [-0.2, 0) is 19.1 Å². The van der Waals surface area contributed by atoms with Gasteiger partial charge in [0, 0.05) is 10.9 Å². The minimum atomic E-state index is -0.695. The molecule has 0 atom stereocenters. The molecule has 9 heteroatoms. The molecule has 4 rings (SSSR count). The van der Waals surface area contributed by atoms with E-state index in [4.69, 9.17) is 9.47 Å². The fourth-order valence-electron chi connectivity index (χ4n) is 2.99. The number of amides is 2. The van der Waals surface area contributed by atoms with E-state index in [2.05, 4.69) is 10.3 Å². The van der Waals surface area contributed by atoms with E-state index in [1.165, 1.54) is 16.2 Å². The van der Waals surface area contributed by atoms with Crippen LogP contribution >= 0.6 is 11.3 Å².